The van der Waals surface area contributed by atoms with E-state index < -0.39 is 7.82 Å². The van der Waals surface area contributed by atoms with Gasteiger partial charge in [-0.25, -0.2) is 0 Å². The van der Waals surface area contributed by atoms with Crippen molar-refractivity contribution in [2.75, 3.05) is 0 Å². The van der Waals surface area contributed by atoms with Gasteiger partial charge in [0.2, 0.25) is 0 Å². The fourth-order valence-corrected chi connectivity index (χ4v) is 0. The van der Waals surface area contributed by atoms with Crippen LogP contribution in [0.4, 0.5) is 0 Å². The van der Waals surface area contributed by atoms with Gasteiger partial charge >= 0.3 is 16.5 Å². The van der Waals surface area contributed by atoms with Crippen molar-refractivity contribution in [3.63, 3.8) is 0 Å². The summed E-state index contributed by atoms with van der Waals surface area (Å²) in [5, 5.41) is 0. The zero-order valence-corrected chi connectivity index (χ0v) is 7.95. The molecule has 0 amide bonds. The van der Waals surface area contributed by atoms with E-state index in [1.54, 1.807) is 0 Å². The Hall–Kier alpha value is 1.23. The molecule has 0 saturated carbocycles. The van der Waals surface area contributed by atoms with Gasteiger partial charge in [-0.05, 0) is 0 Å². The minimum absolute atomic E-state index is 0. The Bertz CT molecular complexity index is 57.8. The second-order valence-corrected chi connectivity index (χ2v) is 1.34. The summed E-state index contributed by atoms with van der Waals surface area (Å²) in [4.78, 5) is 25.6. The Morgan fingerprint density at radius 3 is 1.14 bits per heavy atom. The van der Waals surface area contributed by atoms with E-state index in [-0.39, 0.29) is 36.0 Å². The molecule has 0 atom stereocenters. The molecule has 0 aliphatic carbocycles. The number of hydrogen-bond acceptors (Lipinski definition) is 4. The van der Waals surface area contributed by atoms with Gasteiger partial charge in [0.1, 0.15) is 0 Å². The zero-order valence-electron chi connectivity index (χ0n) is 3.10. The maximum atomic E-state index is 8.55. The third-order valence-electron chi connectivity index (χ3n) is 0. The molecule has 7 heteroatoms. The first kappa shape index (κ1) is 15.7. The Morgan fingerprint density at radius 1 is 1.14 bits per heavy atom. The first-order valence-corrected chi connectivity index (χ1v) is 2.19. The van der Waals surface area contributed by atoms with Crippen molar-refractivity contribution in [1.29, 1.82) is 0 Å². The van der Waals surface area contributed by atoms with Gasteiger partial charge in [0.15, 0.2) is 0 Å². The van der Waals surface area contributed by atoms with Crippen LogP contribution in [0, 0.1) is 0 Å². The summed E-state index contributed by atoms with van der Waals surface area (Å²) in [6.45, 7) is 0. The molecule has 0 saturated heterocycles. The summed E-state index contributed by atoms with van der Waals surface area (Å²) in [5.74, 6) is 0. The number of phosphoric acid groups is 1. The van der Waals surface area contributed by atoms with Gasteiger partial charge in [-0.2, -0.15) is 7.82 Å². The summed E-state index contributed by atoms with van der Waals surface area (Å²) in [6, 6.07) is 0. The summed E-state index contributed by atoms with van der Waals surface area (Å²) >= 11 is 0. The largest absolute Gasteiger partial charge is 2.00 e. The van der Waals surface area contributed by atoms with Gasteiger partial charge in [0.05, 0.1) is 0 Å². The second kappa shape index (κ2) is 5.37. The molecule has 0 aliphatic rings. The van der Waals surface area contributed by atoms with Gasteiger partial charge < -0.3 is 19.2 Å². The van der Waals surface area contributed by atoms with Crippen molar-refractivity contribution in [1.82, 2.24) is 0 Å². The molecule has 0 fully saturated rings. The Labute approximate surface area is 63.2 Å². The molecule has 0 rings (SSSR count). The van der Waals surface area contributed by atoms with Gasteiger partial charge in [-0.15, -0.1) is 0 Å². The van der Waals surface area contributed by atoms with Crippen LogP contribution in [0.15, 0.2) is 0 Å². The minimum atomic E-state index is -5.39. The molecular formula is NiO4PZn-. The Balaban J connectivity index is -0.0000000800. The molecule has 4 nitrogen and oxygen atoms in total. The van der Waals surface area contributed by atoms with E-state index in [1.165, 1.54) is 0 Å². The van der Waals surface area contributed by atoms with Crippen LogP contribution in [0.5, 0.6) is 0 Å². The van der Waals surface area contributed by atoms with Crippen LogP contribution in [-0.2, 0) is 40.5 Å². The number of rotatable bonds is 0. The number of hydrogen-bond donors (Lipinski definition) is 0. The third-order valence-corrected chi connectivity index (χ3v) is 0. The normalized spacial score (nSPS) is 8.43. The van der Waals surface area contributed by atoms with Crippen molar-refractivity contribution in [3.8, 4) is 0 Å². The molecule has 0 heterocycles. The van der Waals surface area contributed by atoms with Gasteiger partial charge in [0, 0.05) is 19.5 Å². The molecule has 0 aliphatic heterocycles. The van der Waals surface area contributed by atoms with Crippen molar-refractivity contribution in [2.45, 2.75) is 0 Å². The van der Waals surface area contributed by atoms with E-state index in [1.807, 2.05) is 0 Å². The Morgan fingerprint density at radius 2 is 1.14 bits per heavy atom. The molecule has 0 aromatic heterocycles. The monoisotopic (exact) mass is 217 g/mol. The predicted octanol–water partition coefficient (Wildman–Crippen LogP) is -2.83. The smallest absolute Gasteiger partial charge is 0.822 e. The van der Waals surface area contributed by atoms with E-state index in [2.05, 4.69) is 0 Å². The summed E-state index contributed by atoms with van der Waals surface area (Å²) in [5.41, 5.74) is 0. The first-order chi connectivity index (χ1) is 2.00. The average Bonchev–Trinajstić information content (AvgIpc) is 0.722. The van der Waals surface area contributed by atoms with Crippen molar-refractivity contribution in [3.05, 3.63) is 0 Å². The molecule has 0 bridgehead atoms. The molecule has 0 aromatic carbocycles. The summed E-state index contributed by atoms with van der Waals surface area (Å²) in [6.07, 6.45) is 0. The molecule has 7 heavy (non-hydrogen) atoms. The SMILES string of the molecule is O=P([O-])([O-])[O-].[Ni+2].[Zn]. The van der Waals surface area contributed by atoms with Crippen molar-refractivity contribution < 1.29 is 55.2 Å². The second-order valence-electron chi connectivity index (χ2n) is 0.447. The molecule has 0 unspecified atom stereocenters. The van der Waals surface area contributed by atoms with Gasteiger partial charge in [0.25, 0.3) is 0 Å². The average molecular weight is 219 g/mol. The van der Waals surface area contributed by atoms with Crippen LogP contribution in [-0.4, -0.2) is 0 Å². The Kier molecular flexibility index (Phi) is 12.1. The topological polar surface area (TPSA) is 86.2 Å². The maximum absolute atomic E-state index is 8.55. The first-order valence-electron chi connectivity index (χ1n) is 0.730. The third kappa shape index (κ3) is 131. The molecule has 0 N–H and O–H groups in total. The molecular weight excluding hydrogens is 219 g/mol. The molecule has 0 radical (unpaired) electrons. The van der Waals surface area contributed by atoms with E-state index >= 15 is 0 Å². The molecule has 0 aromatic rings. The summed E-state index contributed by atoms with van der Waals surface area (Å²) < 4.78 is 8.55. The quantitative estimate of drug-likeness (QED) is 0.324. The van der Waals surface area contributed by atoms with Crippen molar-refractivity contribution in [2.24, 2.45) is 0 Å². The maximum Gasteiger partial charge on any atom is 2.00 e. The van der Waals surface area contributed by atoms with Crippen LogP contribution >= 0.6 is 7.82 Å². The van der Waals surface area contributed by atoms with E-state index in [0.29, 0.717) is 0 Å². The van der Waals surface area contributed by atoms with Crippen LogP contribution in [0.1, 0.15) is 0 Å². The van der Waals surface area contributed by atoms with E-state index in [0.717, 1.165) is 0 Å². The van der Waals surface area contributed by atoms with Crippen LogP contribution < -0.4 is 14.7 Å². The fourth-order valence-electron chi connectivity index (χ4n) is 0. The zero-order chi connectivity index (χ0) is 4.50. The van der Waals surface area contributed by atoms with E-state index in [9.17, 15) is 0 Å². The summed E-state index contributed by atoms with van der Waals surface area (Å²) in [7, 11) is -5.39. The van der Waals surface area contributed by atoms with E-state index in [4.69, 9.17) is 19.2 Å². The molecule has 42 valence electrons. The van der Waals surface area contributed by atoms with Crippen molar-refractivity contribution >= 4 is 7.82 Å². The van der Waals surface area contributed by atoms with Crippen LogP contribution in [0.3, 0.4) is 0 Å². The minimum Gasteiger partial charge on any atom is -0.822 e. The van der Waals surface area contributed by atoms with Gasteiger partial charge in [-0.1, -0.05) is 0 Å². The molecule has 0 spiro atoms. The van der Waals surface area contributed by atoms with Crippen LogP contribution in [0.2, 0.25) is 0 Å². The predicted molar refractivity (Wildman–Crippen MR) is 7.61 cm³/mol. The fraction of sp³-hybridized carbons (Fsp3) is 0. The standard InChI is InChI=1S/Ni.H3O4P.Zn/c;1-5(2,3)4;/h;(H3,1,2,3,4);/q+2;;/p-3. The van der Waals surface area contributed by atoms with Crippen LogP contribution in [0.25, 0.3) is 0 Å². The van der Waals surface area contributed by atoms with Gasteiger partial charge in [-0.3, -0.25) is 0 Å².